The van der Waals surface area contributed by atoms with Gasteiger partial charge in [0.25, 0.3) is 0 Å². The Bertz CT molecular complexity index is 593. The van der Waals surface area contributed by atoms with E-state index in [4.69, 9.17) is 4.74 Å². The number of esters is 1. The first kappa shape index (κ1) is 14.5. The molecule has 0 amide bonds. The van der Waals surface area contributed by atoms with Crippen molar-refractivity contribution in [2.75, 3.05) is 19.0 Å². The lowest BCUT2D eigenvalue weighted by Crippen LogP contribution is -2.11. The molecule has 1 heterocycles. The highest BCUT2D eigenvalue weighted by molar-refractivity contribution is 7.09. The first-order valence-corrected chi connectivity index (χ1v) is 7.36. The minimum atomic E-state index is -0.320. The predicted molar refractivity (Wildman–Crippen MR) is 81.4 cm³/mol. The van der Waals surface area contributed by atoms with Gasteiger partial charge >= 0.3 is 5.97 Å². The molecule has 106 valence electrons. The molecule has 2 rings (SSSR count). The highest BCUT2D eigenvalue weighted by Gasteiger charge is 2.10. The van der Waals surface area contributed by atoms with E-state index in [0.717, 1.165) is 22.8 Å². The van der Waals surface area contributed by atoms with Gasteiger partial charge in [0.1, 0.15) is 6.61 Å². The van der Waals surface area contributed by atoms with Crippen LogP contribution in [0.25, 0.3) is 0 Å². The number of ether oxygens (including phenoxy) is 1. The number of nitrogens with zero attached hydrogens (tertiary/aromatic N) is 2. The third-order valence-electron chi connectivity index (χ3n) is 2.85. The largest absolute Gasteiger partial charge is 0.456 e. The molecule has 0 radical (unpaired) electrons. The van der Waals surface area contributed by atoms with Gasteiger partial charge in [0.15, 0.2) is 0 Å². The molecule has 0 unspecified atom stereocenters. The van der Waals surface area contributed by atoms with E-state index in [1.54, 1.807) is 17.4 Å². The van der Waals surface area contributed by atoms with Crippen LogP contribution in [0.5, 0.6) is 0 Å². The van der Waals surface area contributed by atoms with Gasteiger partial charge in [0.05, 0.1) is 16.3 Å². The fourth-order valence-electron chi connectivity index (χ4n) is 1.71. The molecule has 0 saturated heterocycles. The van der Waals surface area contributed by atoms with Gasteiger partial charge in [-0.05, 0) is 24.6 Å². The Morgan fingerprint density at radius 1 is 1.40 bits per heavy atom. The quantitative estimate of drug-likeness (QED) is 0.793. The fourth-order valence-corrected chi connectivity index (χ4v) is 2.44. The summed E-state index contributed by atoms with van der Waals surface area (Å²) in [7, 11) is 3.87. The maximum atomic E-state index is 12.0. The topological polar surface area (TPSA) is 42.4 Å². The summed E-state index contributed by atoms with van der Waals surface area (Å²) < 4.78 is 5.29. The molecular weight excluding hydrogens is 272 g/mol. The standard InChI is InChI=1S/C15H18N2O2S/c1-4-14-16-12(10-20-14)9-19-15(18)11-6-5-7-13(8-11)17(2)3/h5-8,10H,4,9H2,1-3H3. The van der Waals surface area contributed by atoms with E-state index in [1.807, 2.05) is 42.6 Å². The molecule has 0 saturated carbocycles. The van der Waals surface area contributed by atoms with Crippen molar-refractivity contribution in [3.05, 3.63) is 45.9 Å². The number of anilines is 1. The van der Waals surface area contributed by atoms with Gasteiger partial charge in [-0.25, -0.2) is 9.78 Å². The van der Waals surface area contributed by atoms with E-state index in [0.29, 0.717) is 5.56 Å². The van der Waals surface area contributed by atoms with Crippen LogP contribution in [-0.4, -0.2) is 25.0 Å². The summed E-state index contributed by atoms with van der Waals surface area (Å²) in [5.74, 6) is -0.320. The van der Waals surface area contributed by atoms with Crippen molar-refractivity contribution in [3.63, 3.8) is 0 Å². The highest BCUT2D eigenvalue weighted by atomic mass is 32.1. The van der Waals surface area contributed by atoms with Crippen LogP contribution in [0.3, 0.4) is 0 Å². The van der Waals surface area contributed by atoms with E-state index in [2.05, 4.69) is 11.9 Å². The Hall–Kier alpha value is -1.88. The second-order valence-electron chi connectivity index (χ2n) is 4.61. The third-order valence-corrected chi connectivity index (χ3v) is 3.89. The highest BCUT2D eigenvalue weighted by Crippen LogP contribution is 2.16. The van der Waals surface area contributed by atoms with Crippen LogP contribution in [0, 0.1) is 0 Å². The van der Waals surface area contributed by atoms with Crippen molar-refractivity contribution >= 4 is 23.0 Å². The number of carbonyl (C=O) groups excluding carboxylic acids is 1. The van der Waals surface area contributed by atoms with Gasteiger partial charge in [0, 0.05) is 25.2 Å². The first-order chi connectivity index (χ1) is 9.60. The van der Waals surface area contributed by atoms with Crippen LogP contribution in [0.4, 0.5) is 5.69 Å². The van der Waals surface area contributed by atoms with Crippen molar-refractivity contribution < 1.29 is 9.53 Å². The molecular formula is C15H18N2O2S. The van der Waals surface area contributed by atoms with Crippen LogP contribution >= 0.6 is 11.3 Å². The smallest absolute Gasteiger partial charge is 0.338 e. The van der Waals surface area contributed by atoms with E-state index in [-0.39, 0.29) is 12.6 Å². The number of benzene rings is 1. The van der Waals surface area contributed by atoms with E-state index < -0.39 is 0 Å². The summed E-state index contributed by atoms with van der Waals surface area (Å²) in [6.45, 7) is 2.28. The third kappa shape index (κ3) is 3.57. The van der Waals surface area contributed by atoms with Gasteiger partial charge in [-0.3, -0.25) is 0 Å². The number of hydrogen-bond donors (Lipinski definition) is 0. The van der Waals surface area contributed by atoms with Crippen LogP contribution in [-0.2, 0) is 17.8 Å². The fraction of sp³-hybridized carbons (Fsp3) is 0.333. The number of hydrogen-bond acceptors (Lipinski definition) is 5. The second-order valence-corrected chi connectivity index (χ2v) is 5.55. The van der Waals surface area contributed by atoms with Gasteiger partial charge < -0.3 is 9.64 Å². The minimum Gasteiger partial charge on any atom is -0.456 e. The molecule has 0 aliphatic carbocycles. The van der Waals surface area contributed by atoms with Crippen molar-refractivity contribution in [1.29, 1.82) is 0 Å². The number of aromatic nitrogens is 1. The summed E-state index contributed by atoms with van der Waals surface area (Å²) >= 11 is 1.59. The molecule has 0 atom stereocenters. The molecule has 0 bridgehead atoms. The molecule has 0 aliphatic heterocycles. The zero-order valence-corrected chi connectivity index (χ0v) is 12.7. The summed E-state index contributed by atoms with van der Waals surface area (Å²) in [4.78, 5) is 18.3. The summed E-state index contributed by atoms with van der Waals surface area (Å²) in [6, 6.07) is 7.38. The van der Waals surface area contributed by atoms with Crippen LogP contribution in [0.2, 0.25) is 0 Å². The summed E-state index contributed by atoms with van der Waals surface area (Å²) in [6.07, 6.45) is 0.906. The Morgan fingerprint density at radius 3 is 2.85 bits per heavy atom. The van der Waals surface area contributed by atoms with E-state index in [1.165, 1.54) is 0 Å². The van der Waals surface area contributed by atoms with Gasteiger partial charge in [-0.15, -0.1) is 11.3 Å². The minimum absolute atomic E-state index is 0.224. The monoisotopic (exact) mass is 290 g/mol. The maximum Gasteiger partial charge on any atom is 0.338 e. The van der Waals surface area contributed by atoms with E-state index >= 15 is 0 Å². The van der Waals surface area contributed by atoms with Crippen LogP contribution in [0.1, 0.15) is 28.0 Å². The Labute approximate surface area is 123 Å². The lowest BCUT2D eigenvalue weighted by atomic mass is 10.2. The Balaban J connectivity index is 1.99. The lowest BCUT2D eigenvalue weighted by molar-refractivity contribution is 0.0468. The van der Waals surface area contributed by atoms with Gasteiger partial charge in [0.2, 0.25) is 0 Å². The second kappa shape index (κ2) is 6.52. The molecule has 0 N–H and O–H groups in total. The predicted octanol–water partition coefficient (Wildman–Crippen LogP) is 3.13. The van der Waals surface area contributed by atoms with Crippen LogP contribution < -0.4 is 4.90 Å². The van der Waals surface area contributed by atoms with Crippen molar-refractivity contribution in [1.82, 2.24) is 4.98 Å². The summed E-state index contributed by atoms with van der Waals surface area (Å²) in [5.41, 5.74) is 2.34. The molecule has 0 aliphatic rings. The first-order valence-electron chi connectivity index (χ1n) is 6.48. The van der Waals surface area contributed by atoms with Crippen molar-refractivity contribution in [2.45, 2.75) is 20.0 Å². The zero-order chi connectivity index (χ0) is 14.5. The molecule has 2 aromatic rings. The number of rotatable bonds is 5. The molecule has 20 heavy (non-hydrogen) atoms. The van der Waals surface area contributed by atoms with Crippen LogP contribution in [0.15, 0.2) is 29.6 Å². The normalized spacial score (nSPS) is 10.3. The van der Waals surface area contributed by atoms with Gasteiger partial charge in [-0.2, -0.15) is 0 Å². The van der Waals surface area contributed by atoms with Gasteiger partial charge in [-0.1, -0.05) is 13.0 Å². The Kier molecular flexibility index (Phi) is 4.74. The van der Waals surface area contributed by atoms with Crippen molar-refractivity contribution in [2.24, 2.45) is 0 Å². The number of aryl methyl sites for hydroxylation is 1. The molecule has 5 heteroatoms. The molecule has 1 aromatic carbocycles. The SMILES string of the molecule is CCc1nc(COC(=O)c2cccc(N(C)C)c2)cs1. The lowest BCUT2D eigenvalue weighted by Gasteiger charge is -2.13. The van der Waals surface area contributed by atoms with Crippen molar-refractivity contribution in [3.8, 4) is 0 Å². The molecule has 4 nitrogen and oxygen atoms in total. The number of carbonyl (C=O) groups is 1. The zero-order valence-electron chi connectivity index (χ0n) is 11.9. The number of thiazole rings is 1. The van der Waals surface area contributed by atoms with E-state index in [9.17, 15) is 4.79 Å². The average molecular weight is 290 g/mol. The Morgan fingerprint density at radius 2 is 2.20 bits per heavy atom. The molecule has 0 spiro atoms. The molecule has 1 aromatic heterocycles. The average Bonchev–Trinajstić information content (AvgIpc) is 2.93. The summed E-state index contributed by atoms with van der Waals surface area (Å²) in [5, 5.41) is 2.99. The maximum absolute atomic E-state index is 12.0. The molecule has 0 fully saturated rings.